The fraction of sp³-hybridized carbons (Fsp3) is 0.625. The molecule has 6 rings (SSSR count). The van der Waals surface area contributed by atoms with Gasteiger partial charge in [0.1, 0.15) is 5.75 Å². The Bertz CT molecular complexity index is 1590. The van der Waals surface area contributed by atoms with Gasteiger partial charge in [-0.2, -0.15) is 0 Å². The van der Waals surface area contributed by atoms with E-state index in [0.29, 0.717) is 13.0 Å². The highest BCUT2D eigenvalue weighted by Gasteiger charge is 2.58. The molecule has 8 nitrogen and oxygen atoms in total. The minimum atomic E-state index is -0.704. The zero-order chi connectivity index (χ0) is 34.5. The second kappa shape index (κ2) is 12.9. The van der Waals surface area contributed by atoms with E-state index in [-0.39, 0.29) is 46.1 Å². The third-order valence-corrected chi connectivity index (χ3v) is 13.5. The lowest BCUT2D eigenvalue weighted by Crippen LogP contribution is -2.60. The summed E-state index contributed by atoms with van der Waals surface area (Å²) in [5, 5.41) is 16.4. The van der Waals surface area contributed by atoms with Crippen LogP contribution in [0, 0.1) is 22.7 Å². The fourth-order valence-corrected chi connectivity index (χ4v) is 10.8. The molecule has 2 saturated carbocycles. The van der Waals surface area contributed by atoms with Crippen molar-refractivity contribution in [3.05, 3.63) is 58.7 Å². The van der Waals surface area contributed by atoms with E-state index in [2.05, 4.69) is 50.5 Å². The van der Waals surface area contributed by atoms with Gasteiger partial charge in [0.2, 0.25) is 17.7 Å². The van der Waals surface area contributed by atoms with Crippen molar-refractivity contribution in [2.45, 2.75) is 128 Å². The van der Waals surface area contributed by atoms with Crippen LogP contribution in [-0.2, 0) is 38.1 Å². The topological polar surface area (TPSA) is 148 Å². The molecule has 48 heavy (non-hydrogen) atoms. The first-order chi connectivity index (χ1) is 22.8. The lowest BCUT2D eigenvalue weighted by molar-refractivity contribution is -0.150. The Morgan fingerprint density at radius 1 is 0.812 bits per heavy atom. The lowest BCUT2D eigenvalue weighted by Gasteiger charge is -2.56. The number of carbonyl (C=O) groups excluding carboxylic acids is 3. The number of phenols is 1. The van der Waals surface area contributed by atoms with Gasteiger partial charge in [-0.1, -0.05) is 59.1 Å². The van der Waals surface area contributed by atoms with E-state index in [4.69, 9.17) is 11.5 Å². The Balaban J connectivity index is 1.21. The fourth-order valence-electron chi connectivity index (χ4n) is 10.8. The van der Waals surface area contributed by atoms with E-state index in [1.54, 1.807) is 6.07 Å². The molecule has 0 heterocycles. The maximum absolute atomic E-state index is 14.5. The predicted octanol–water partition coefficient (Wildman–Crippen LogP) is 6.15. The van der Waals surface area contributed by atoms with Gasteiger partial charge in [0.25, 0.3) is 0 Å². The van der Waals surface area contributed by atoms with Crippen molar-refractivity contribution in [2.24, 2.45) is 34.1 Å². The molecule has 0 radical (unpaired) electrons. The molecule has 2 fully saturated rings. The van der Waals surface area contributed by atoms with E-state index in [9.17, 15) is 19.5 Å². The Hall–Kier alpha value is -3.23. The minimum Gasteiger partial charge on any atom is -0.508 e. The first-order valence-electron chi connectivity index (χ1n) is 18.3. The molecule has 8 heteroatoms. The summed E-state index contributed by atoms with van der Waals surface area (Å²) in [4.78, 5) is 41.7. The first-order valence-corrected chi connectivity index (χ1v) is 18.3. The Labute approximate surface area is 286 Å². The van der Waals surface area contributed by atoms with Gasteiger partial charge in [-0.05, 0) is 140 Å². The number of imide groups is 1. The lowest BCUT2D eigenvalue weighted by atomic mass is 9.49. The molecule has 0 spiro atoms. The molecule has 2 aromatic carbocycles. The molecule has 4 aliphatic rings. The summed E-state index contributed by atoms with van der Waals surface area (Å²) in [6.07, 6.45) is 10.9. The standard InChI is InChI=1S/C40H56N4O4/c1-37-18-7-20-39(3,32(37)16-12-25-10-14-27(23-29(25)37)43-34(46)31(42)9-5-6-22-41)35(47)44-36(48)40(4)21-8-19-38(2)30-24-28(45)15-11-26(30)13-17-33(38)40/h10-11,14-15,23-24,31-33,45H,5-9,12-13,16-22,41-42H2,1-4H3,(H,43,46)(H,44,47,48)/t31-,32?,33+,37?,38+,39?,40-/m0/s1. The second-order valence-electron chi connectivity index (χ2n) is 16.4. The SMILES string of the molecule is CC1(C(=O)NC(=O)[C@@]2(C)CCC[C@]3(C)c4cc(O)ccc4CC[C@@H]23)CCCC2(C)c3cc(NC(=O)[C@@H](N)CCCCN)ccc3CCC12. The molecule has 4 aliphatic carbocycles. The van der Waals surface area contributed by atoms with Crippen LogP contribution in [0.4, 0.5) is 5.69 Å². The number of hydrogen-bond donors (Lipinski definition) is 5. The monoisotopic (exact) mass is 656 g/mol. The minimum absolute atomic E-state index is 0.0532. The van der Waals surface area contributed by atoms with Crippen LogP contribution in [0.15, 0.2) is 36.4 Å². The highest BCUT2D eigenvalue weighted by Crippen LogP contribution is 2.59. The van der Waals surface area contributed by atoms with E-state index >= 15 is 0 Å². The molecule has 0 aliphatic heterocycles. The van der Waals surface area contributed by atoms with E-state index < -0.39 is 16.9 Å². The molecule has 3 unspecified atom stereocenters. The van der Waals surface area contributed by atoms with Crippen LogP contribution in [0.1, 0.15) is 121 Å². The van der Waals surface area contributed by atoms with Gasteiger partial charge in [0, 0.05) is 5.69 Å². The number of phenolic OH excluding ortho intramolecular Hbond substituents is 1. The molecule has 7 atom stereocenters. The number of amides is 3. The number of aryl methyl sites for hydroxylation is 2. The number of benzene rings is 2. The number of fused-ring (bicyclic) bond motifs is 6. The van der Waals surface area contributed by atoms with E-state index in [1.165, 1.54) is 16.7 Å². The average molecular weight is 657 g/mol. The van der Waals surface area contributed by atoms with Crippen molar-refractivity contribution in [1.82, 2.24) is 5.32 Å². The zero-order valence-electron chi connectivity index (χ0n) is 29.4. The first kappa shape index (κ1) is 34.6. The third kappa shape index (κ3) is 5.77. The average Bonchev–Trinajstić information content (AvgIpc) is 3.05. The van der Waals surface area contributed by atoms with E-state index in [0.717, 1.165) is 88.3 Å². The maximum Gasteiger partial charge on any atom is 0.241 e. The molecular formula is C40H56N4O4. The van der Waals surface area contributed by atoms with Gasteiger partial charge in [-0.3, -0.25) is 19.7 Å². The van der Waals surface area contributed by atoms with Crippen molar-refractivity contribution in [3.8, 4) is 5.75 Å². The molecule has 260 valence electrons. The van der Waals surface area contributed by atoms with Crippen LogP contribution in [0.3, 0.4) is 0 Å². The molecule has 3 amide bonds. The van der Waals surface area contributed by atoms with Gasteiger partial charge in [-0.15, -0.1) is 0 Å². The quantitative estimate of drug-likeness (QED) is 0.170. The predicted molar refractivity (Wildman–Crippen MR) is 189 cm³/mol. The van der Waals surface area contributed by atoms with Crippen LogP contribution < -0.4 is 22.1 Å². The molecule has 7 N–H and O–H groups in total. The van der Waals surface area contributed by atoms with Gasteiger partial charge >= 0.3 is 0 Å². The molecule has 0 saturated heterocycles. The van der Waals surface area contributed by atoms with Crippen LogP contribution >= 0.6 is 0 Å². The van der Waals surface area contributed by atoms with Gasteiger partial charge < -0.3 is 21.9 Å². The van der Waals surface area contributed by atoms with Crippen LogP contribution in [0.25, 0.3) is 0 Å². The number of rotatable bonds is 8. The van der Waals surface area contributed by atoms with E-state index in [1.807, 2.05) is 18.2 Å². The maximum atomic E-state index is 14.5. The van der Waals surface area contributed by atoms with Gasteiger partial charge in [-0.25, -0.2) is 0 Å². The molecule has 0 aromatic heterocycles. The van der Waals surface area contributed by atoms with Crippen molar-refractivity contribution >= 4 is 23.4 Å². The number of unbranched alkanes of at least 4 members (excludes halogenated alkanes) is 1. The molecular weight excluding hydrogens is 600 g/mol. The summed E-state index contributed by atoms with van der Waals surface area (Å²) >= 11 is 0. The number of aromatic hydroxyl groups is 1. The normalized spacial score (nSPS) is 32.9. The van der Waals surface area contributed by atoms with Crippen molar-refractivity contribution in [3.63, 3.8) is 0 Å². The van der Waals surface area contributed by atoms with Gasteiger partial charge in [0.05, 0.1) is 16.9 Å². The highest BCUT2D eigenvalue weighted by atomic mass is 16.3. The van der Waals surface area contributed by atoms with Crippen LogP contribution in [-0.4, -0.2) is 35.4 Å². The summed E-state index contributed by atoms with van der Waals surface area (Å²) in [5.41, 5.74) is 15.5. The summed E-state index contributed by atoms with van der Waals surface area (Å²) < 4.78 is 0. The Morgan fingerprint density at radius 3 is 1.92 bits per heavy atom. The van der Waals surface area contributed by atoms with Crippen molar-refractivity contribution < 1.29 is 19.5 Å². The van der Waals surface area contributed by atoms with Crippen molar-refractivity contribution in [1.29, 1.82) is 0 Å². The third-order valence-electron chi connectivity index (χ3n) is 13.5. The second-order valence-corrected chi connectivity index (χ2v) is 16.4. The number of hydrogen-bond acceptors (Lipinski definition) is 6. The smallest absolute Gasteiger partial charge is 0.241 e. The summed E-state index contributed by atoms with van der Waals surface area (Å²) in [6, 6.07) is 11.3. The Kier molecular flexibility index (Phi) is 9.31. The number of anilines is 1. The molecule has 2 aromatic rings. The highest BCUT2D eigenvalue weighted by molar-refractivity contribution is 6.01. The zero-order valence-corrected chi connectivity index (χ0v) is 29.4. The largest absolute Gasteiger partial charge is 0.508 e. The molecule has 0 bridgehead atoms. The van der Waals surface area contributed by atoms with Crippen LogP contribution in [0.5, 0.6) is 5.75 Å². The number of nitrogens with one attached hydrogen (secondary N) is 2. The van der Waals surface area contributed by atoms with Crippen LogP contribution in [0.2, 0.25) is 0 Å². The number of carbonyl (C=O) groups is 3. The number of nitrogens with two attached hydrogens (primary N) is 2. The summed E-state index contributed by atoms with van der Waals surface area (Å²) in [6.45, 7) is 9.25. The Morgan fingerprint density at radius 2 is 1.35 bits per heavy atom. The van der Waals surface area contributed by atoms with Gasteiger partial charge in [0.15, 0.2) is 0 Å². The summed E-state index contributed by atoms with van der Waals surface area (Å²) in [5.74, 6) is -0.0962. The summed E-state index contributed by atoms with van der Waals surface area (Å²) in [7, 11) is 0. The van der Waals surface area contributed by atoms with Crippen molar-refractivity contribution in [2.75, 3.05) is 11.9 Å².